The topological polar surface area (TPSA) is 70.7 Å². The maximum atomic E-state index is 12.7. The Bertz CT molecular complexity index is 642. The van der Waals surface area contributed by atoms with Crippen LogP contribution in [0.15, 0.2) is 24.3 Å². The molecule has 2 N–H and O–H groups in total. The van der Waals surface area contributed by atoms with E-state index in [0.29, 0.717) is 24.7 Å². The van der Waals surface area contributed by atoms with Gasteiger partial charge in [0.05, 0.1) is 12.2 Å². The summed E-state index contributed by atoms with van der Waals surface area (Å²) in [7, 11) is 0. The summed E-state index contributed by atoms with van der Waals surface area (Å²) in [5, 5.41) is 6.34. The number of nitrogens with one attached hydrogen (secondary N) is 2. The highest BCUT2D eigenvalue weighted by Gasteiger charge is 2.27. The van der Waals surface area contributed by atoms with Crippen molar-refractivity contribution in [2.24, 2.45) is 5.92 Å². The normalized spacial score (nSPS) is 28.2. The van der Waals surface area contributed by atoms with Crippen LogP contribution in [0.2, 0.25) is 0 Å². The van der Waals surface area contributed by atoms with E-state index in [0.717, 1.165) is 25.1 Å². The molecule has 2 heterocycles. The molecule has 2 unspecified atom stereocenters. The fraction of sp³-hybridized carbons (Fsp3) is 0.600. The third-order valence-electron chi connectivity index (χ3n) is 5.10. The number of anilines is 1. The summed E-state index contributed by atoms with van der Waals surface area (Å²) in [5.41, 5.74) is 1.38. The molecule has 2 saturated heterocycles. The van der Waals surface area contributed by atoms with Crippen LogP contribution in [0, 0.1) is 5.92 Å². The van der Waals surface area contributed by atoms with E-state index in [1.165, 1.54) is 0 Å². The van der Waals surface area contributed by atoms with Crippen LogP contribution in [0.3, 0.4) is 0 Å². The fourth-order valence-corrected chi connectivity index (χ4v) is 3.84. The number of hydrogen-bond acceptors (Lipinski definition) is 4. The summed E-state index contributed by atoms with van der Waals surface area (Å²) in [4.78, 5) is 26.9. The van der Waals surface area contributed by atoms with Gasteiger partial charge in [-0.15, -0.1) is 12.4 Å². The third-order valence-corrected chi connectivity index (χ3v) is 5.10. The number of benzene rings is 1. The molecule has 2 amide bonds. The molecule has 2 fully saturated rings. The van der Waals surface area contributed by atoms with Crippen molar-refractivity contribution in [1.29, 1.82) is 0 Å². The van der Waals surface area contributed by atoms with E-state index >= 15 is 0 Å². The van der Waals surface area contributed by atoms with Crippen molar-refractivity contribution >= 4 is 29.9 Å². The van der Waals surface area contributed by atoms with E-state index < -0.39 is 0 Å². The summed E-state index contributed by atoms with van der Waals surface area (Å²) >= 11 is 0. The molecule has 2 aliphatic rings. The number of rotatable bonds is 3. The number of halogens is 1. The first-order chi connectivity index (χ1) is 12.4. The quantitative estimate of drug-likeness (QED) is 0.825. The number of hydrogen-bond donors (Lipinski definition) is 2. The highest BCUT2D eigenvalue weighted by molar-refractivity contribution is 5.96. The van der Waals surface area contributed by atoms with Crippen molar-refractivity contribution in [3.63, 3.8) is 0 Å². The average molecular weight is 396 g/mol. The molecular formula is C20H30ClN3O3. The molecule has 0 radical (unpaired) electrons. The van der Waals surface area contributed by atoms with Gasteiger partial charge in [-0.05, 0) is 64.4 Å². The van der Waals surface area contributed by atoms with Gasteiger partial charge >= 0.3 is 0 Å². The van der Waals surface area contributed by atoms with Gasteiger partial charge in [0, 0.05) is 36.3 Å². The summed E-state index contributed by atoms with van der Waals surface area (Å²) in [6, 6.07) is 7.56. The largest absolute Gasteiger partial charge is 0.372 e. The van der Waals surface area contributed by atoms with E-state index in [1.807, 2.05) is 30.9 Å². The minimum atomic E-state index is 0. The van der Waals surface area contributed by atoms with Gasteiger partial charge in [0.2, 0.25) is 5.91 Å². The zero-order chi connectivity index (χ0) is 18.7. The second-order valence-corrected chi connectivity index (χ2v) is 7.61. The predicted molar refractivity (Wildman–Crippen MR) is 108 cm³/mol. The van der Waals surface area contributed by atoms with Gasteiger partial charge in [0.25, 0.3) is 5.91 Å². The smallest absolute Gasteiger partial charge is 0.254 e. The molecular weight excluding hydrogens is 366 g/mol. The maximum Gasteiger partial charge on any atom is 0.254 e. The lowest BCUT2D eigenvalue weighted by Crippen LogP contribution is -2.48. The second kappa shape index (κ2) is 9.53. The van der Waals surface area contributed by atoms with Crippen molar-refractivity contribution in [3.8, 4) is 0 Å². The Balaban J connectivity index is 0.00000261. The van der Waals surface area contributed by atoms with Crippen LogP contribution in [0.5, 0.6) is 0 Å². The van der Waals surface area contributed by atoms with Crippen molar-refractivity contribution in [3.05, 3.63) is 29.8 Å². The molecule has 3 rings (SSSR count). The molecule has 0 spiro atoms. The number of ether oxygens (including phenoxy) is 1. The Kier molecular flexibility index (Phi) is 7.65. The van der Waals surface area contributed by atoms with E-state index in [4.69, 9.17) is 4.74 Å². The molecule has 4 atom stereocenters. The van der Waals surface area contributed by atoms with Gasteiger partial charge in [-0.2, -0.15) is 0 Å². The van der Waals surface area contributed by atoms with E-state index in [-0.39, 0.29) is 42.3 Å². The van der Waals surface area contributed by atoms with Gasteiger partial charge in [-0.25, -0.2) is 0 Å². The summed E-state index contributed by atoms with van der Waals surface area (Å²) < 4.78 is 5.68. The van der Waals surface area contributed by atoms with Gasteiger partial charge in [-0.1, -0.05) is 0 Å². The first-order valence-corrected chi connectivity index (χ1v) is 9.51. The number of carbonyl (C=O) groups excluding carboxylic acids is 2. The fourth-order valence-electron chi connectivity index (χ4n) is 3.84. The van der Waals surface area contributed by atoms with Crippen LogP contribution in [0.1, 0.15) is 44.0 Å². The number of carbonyl (C=O) groups is 2. The number of morpholine rings is 1. The monoisotopic (exact) mass is 395 g/mol. The van der Waals surface area contributed by atoms with Crippen LogP contribution < -0.4 is 10.6 Å². The average Bonchev–Trinajstić information content (AvgIpc) is 2.61. The standard InChI is InChI=1S/C20H29N3O3.ClH/c1-13-10-17(8-9-21-13)19(24)22-18-6-4-16(5-7-18)20(25)23-11-14(2)26-15(3)12-23;/h4-7,13-15,17,21H,8-12H2,1-3H3,(H,22,24);1H/t13-,14?,15?,17-;/m0./s1. The highest BCUT2D eigenvalue weighted by atomic mass is 35.5. The summed E-state index contributed by atoms with van der Waals surface area (Å²) in [5.74, 6) is 0.120. The molecule has 150 valence electrons. The minimum absolute atomic E-state index is 0. The van der Waals surface area contributed by atoms with Crippen LogP contribution in [0.4, 0.5) is 5.69 Å². The maximum absolute atomic E-state index is 12.7. The summed E-state index contributed by atoms with van der Waals surface area (Å²) in [6.07, 6.45) is 1.82. The SMILES string of the molecule is CC1CN(C(=O)c2ccc(NC(=O)[C@H]3CCN[C@@H](C)C3)cc2)CC(C)O1.Cl. The van der Waals surface area contributed by atoms with Gasteiger partial charge < -0.3 is 20.3 Å². The molecule has 6 nitrogen and oxygen atoms in total. The Labute approximate surface area is 167 Å². The Morgan fingerprint density at radius 1 is 1.11 bits per heavy atom. The second-order valence-electron chi connectivity index (χ2n) is 7.61. The van der Waals surface area contributed by atoms with Gasteiger partial charge in [0.15, 0.2) is 0 Å². The molecule has 1 aromatic rings. The van der Waals surface area contributed by atoms with Crippen molar-refractivity contribution in [2.45, 2.75) is 51.9 Å². The molecule has 0 aromatic heterocycles. The lowest BCUT2D eigenvalue weighted by Gasteiger charge is -2.35. The van der Waals surface area contributed by atoms with E-state index in [9.17, 15) is 9.59 Å². The molecule has 0 bridgehead atoms. The first kappa shape index (κ1) is 21.7. The van der Waals surface area contributed by atoms with Crippen LogP contribution in [-0.4, -0.2) is 54.6 Å². The van der Waals surface area contributed by atoms with Gasteiger partial charge in [0.1, 0.15) is 0 Å². The van der Waals surface area contributed by atoms with Crippen LogP contribution >= 0.6 is 12.4 Å². The molecule has 0 saturated carbocycles. The van der Waals surface area contributed by atoms with E-state index in [2.05, 4.69) is 17.6 Å². The zero-order valence-corrected chi connectivity index (χ0v) is 17.1. The van der Waals surface area contributed by atoms with Crippen molar-refractivity contribution in [1.82, 2.24) is 10.2 Å². The Morgan fingerprint density at radius 3 is 2.33 bits per heavy atom. The lowest BCUT2D eigenvalue weighted by atomic mass is 9.92. The molecule has 0 aliphatic carbocycles. The zero-order valence-electron chi connectivity index (χ0n) is 16.2. The highest BCUT2D eigenvalue weighted by Crippen LogP contribution is 2.20. The molecule has 7 heteroatoms. The van der Waals surface area contributed by atoms with Crippen LogP contribution in [-0.2, 0) is 9.53 Å². The predicted octanol–water partition coefficient (Wildman–Crippen LogP) is 2.68. The minimum Gasteiger partial charge on any atom is -0.372 e. The Hall–Kier alpha value is -1.63. The first-order valence-electron chi connectivity index (χ1n) is 9.51. The van der Waals surface area contributed by atoms with Crippen molar-refractivity contribution in [2.75, 3.05) is 25.0 Å². The Morgan fingerprint density at radius 2 is 1.74 bits per heavy atom. The van der Waals surface area contributed by atoms with Crippen LogP contribution in [0.25, 0.3) is 0 Å². The molecule has 27 heavy (non-hydrogen) atoms. The number of amides is 2. The van der Waals surface area contributed by atoms with Gasteiger partial charge in [-0.3, -0.25) is 9.59 Å². The lowest BCUT2D eigenvalue weighted by molar-refractivity contribution is -0.120. The molecule has 2 aliphatic heterocycles. The third kappa shape index (κ3) is 5.67. The summed E-state index contributed by atoms with van der Waals surface area (Å²) in [6.45, 7) is 8.16. The molecule has 1 aromatic carbocycles. The van der Waals surface area contributed by atoms with E-state index in [1.54, 1.807) is 12.1 Å². The number of piperidine rings is 1. The number of nitrogens with zero attached hydrogens (tertiary/aromatic N) is 1. The van der Waals surface area contributed by atoms with Crippen molar-refractivity contribution < 1.29 is 14.3 Å².